The zero-order valence-corrected chi connectivity index (χ0v) is 8.63. The average Bonchev–Trinajstić information content (AvgIpc) is 2.31. The third-order valence-electron chi connectivity index (χ3n) is 2.37. The summed E-state index contributed by atoms with van der Waals surface area (Å²) in [5.41, 5.74) is 0. The summed E-state index contributed by atoms with van der Waals surface area (Å²) in [4.78, 5) is 9.85. The van der Waals surface area contributed by atoms with Crippen molar-refractivity contribution in [2.75, 3.05) is 43.4 Å². The fraction of sp³-hybridized carbons (Fsp3) is 0.556. The highest BCUT2D eigenvalue weighted by molar-refractivity contribution is 5.44. The number of piperazine rings is 1. The first-order valence-electron chi connectivity index (χ1n) is 4.97. The van der Waals surface area contributed by atoms with Gasteiger partial charge in [0.1, 0.15) is 0 Å². The monoisotopic (exact) mass is 211 g/mol. The molecule has 15 heavy (non-hydrogen) atoms. The van der Waals surface area contributed by atoms with E-state index in [1.54, 1.807) is 7.05 Å². The van der Waals surface area contributed by atoms with Gasteiger partial charge in [0, 0.05) is 33.2 Å². The van der Waals surface area contributed by atoms with Gasteiger partial charge < -0.3 is 15.5 Å². The summed E-state index contributed by atoms with van der Waals surface area (Å²) < 4.78 is 13.5. The first kappa shape index (κ1) is 10.1. The van der Waals surface area contributed by atoms with Crippen molar-refractivity contribution in [2.24, 2.45) is 0 Å². The van der Waals surface area contributed by atoms with Crippen LogP contribution in [0.3, 0.4) is 0 Å². The zero-order chi connectivity index (χ0) is 10.7. The summed E-state index contributed by atoms with van der Waals surface area (Å²) in [5, 5.41) is 6.01. The van der Waals surface area contributed by atoms with E-state index < -0.39 is 0 Å². The van der Waals surface area contributed by atoms with E-state index in [9.17, 15) is 4.39 Å². The predicted octanol–water partition coefficient (Wildman–Crippen LogP) is 0.0670. The second-order valence-corrected chi connectivity index (χ2v) is 3.35. The Bertz CT molecular complexity index is 337. The largest absolute Gasteiger partial charge is 0.357 e. The third-order valence-corrected chi connectivity index (χ3v) is 2.37. The molecule has 0 spiro atoms. The van der Waals surface area contributed by atoms with Crippen LogP contribution in [0.15, 0.2) is 6.20 Å². The second kappa shape index (κ2) is 4.39. The number of rotatable bonds is 2. The molecule has 0 saturated carbocycles. The number of anilines is 2. The Morgan fingerprint density at radius 3 is 2.87 bits per heavy atom. The highest BCUT2D eigenvalue weighted by Crippen LogP contribution is 2.17. The van der Waals surface area contributed by atoms with E-state index in [1.807, 2.05) is 4.90 Å². The summed E-state index contributed by atoms with van der Waals surface area (Å²) in [7, 11) is 1.72. The van der Waals surface area contributed by atoms with Crippen molar-refractivity contribution >= 4 is 11.8 Å². The molecule has 0 atom stereocenters. The van der Waals surface area contributed by atoms with E-state index in [2.05, 4.69) is 20.6 Å². The summed E-state index contributed by atoms with van der Waals surface area (Å²) in [5.74, 6) is 0.469. The lowest BCUT2D eigenvalue weighted by Crippen LogP contribution is -2.44. The molecule has 0 radical (unpaired) electrons. The van der Waals surface area contributed by atoms with E-state index in [-0.39, 0.29) is 5.82 Å². The molecule has 0 amide bonds. The minimum Gasteiger partial charge on any atom is -0.357 e. The van der Waals surface area contributed by atoms with Crippen LogP contribution in [0, 0.1) is 5.82 Å². The number of halogens is 1. The molecule has 2 N–H and O–H groups in total. The molecule has 1 aromatic rings. The lowest BCUT2D eigenvalue weighted by atomic mass is 10.3. The predicted molar refractivity (Wildman–Crippen MR) is 56.6 cm³/mol. The molecule has 2 rings (SSSR count). The molecule has 82 valence electrons. The number of aromatic nitrogens is 2. The molecule has 6 heteroatoms. The zero-order valence-electron chi connectivity index (χ0n) is 8.63. The van der Waals surface area contributed by atoms with Crippen LogP contribution >= 0.6 is 0 Å². The molecule has 1 saturated heterocycles. The van der Waals surface area contributed by atoms with Crippen LogP contribution in [0.1, 0.15) is 0 Å². The molecule has 1 fully saturated rings. The molecule has 0 bridgehead atoms. The van der Waals surface area contributed by atoms with Crippen LogP contribution in [-0.4, -0.2) is 43.2 Å². The Labute approximate surface area is 87.7 Å². The molecular weight excluding hydrogens is 197 g/mol. The standard InChI is InChI=1S/C9H14FN5/c1-11-9-13-6-7(10)8(14-9)15-4-2-12-3-5-15/h6,12H,2-5H2,1H3,(H,11,13,14). The van der Waals surface area contributed by atoms with E-state index in [4.69, 9.17) is 0 Å². The van der Waals surface area contributed by atoms with Crippen LogP contribution < -0.4 is 15.5 Å². The van der Waals surface area contributed by atoms with E-state index in [0.717, 1.165) is 26.2 Å². The minimum atomic E-state index is -0.365. The highest BCUT2D eigenvalue weighted by atomic mass is 19.1. The molecule has 2 heterocycles. The van der Waals surface area contributed by atoms with Gasteiger partial charge in [-0.25, -0.2) is 9.37 Å². The summed E-state index contributed by atoms with van der Waals surface area (Å²) >= 11 is 0. The summed E-state index contributed by atoms with van der Waals surface area (Å²) in [6.07, 6.45) is 1.20. The van der Waals surface area contributed by atoms with Gasteiger partial charge in [-0.05, 0) is 0 Å². The maximum atomic E-state index is 13.5. The Morgan fingerprint density at radius 1 is 1.47 bits per heavy atom. The second-order valence-electron chi connectivity index (χ2n) is 3.35. The number of nitrogens with zero attached hydrogens (tertiary/aromatic N) is 3. The average molecular weight is 211 g/mol. The quantitative estimate of drug-likeness (QED) is 0.725. The molecule has 0 unspecified atom stereocenters. The van der Waals surface area contributed by atoms with Crippen LogP contribution in [0.5, 0.6) is 0 Å². The first-order valence-corrected chi connectivity index (χ1v) is 4.97. The van der Waals surface area contributed by atoms with Crippen molar-refractivity contribution < 1.29 is 4.39 Å². The van der Waals surface area contributed by atoms with Gasteiger partial charge in [0.15, 0.2) is 11.6 Å². The Kier molecular flexibility index (Phi) is 2.96. The molecule has 5 nitrogen and oxygen atoms in total. The number of hydrogen-bond acceptors (Lipinski definition) is 5. The van der Waals surface area contributed by atoms with Gasteiger partial charge in [-0.1, -0.05) is 0 Å². The van der Waals surface area contributed by atoms with Crippen LogP contribution in [-0.2, 0) is 0 Å². The Hall–Kier alpha value is -1.43. The van der Waals surface area contributed by atoms with Crippen LogP contribution in [0.2, 0.25) is 0 Å². The lowest BCUT2D eigenvalue weighted by molar-refractivity contribution is 0.556. The SMILES string of the molecule is CNc1ncc(F)c(N2CCNCC2)n1. The summed E-state index contributed by atoms with van der Waals surface area (Å²) in [6.45, 7) is 3.27. The Morgan fingerprint density at radius 2 is 2.20 bits per heavy atom. The minimum absolute atomic E-state index is 0.365. The van der Waals surface area contributed by atoms with Gasteiger partial charge in [-0.2, -0.15) is 4.98 Å². The van der Waals surface area contributed by atoms with E-state index in [0.29, 0.717) is 11.8 Å². The van der Waals surface area contributed by atoms with Crippen LogP contribution in [0.25, 0.3) is 0 Å². The molecule has 0 aromatic carbocycles. The molecule has 1 aromatic heterocycles. The maximum Gasteiger partial charge on any atom is 0.224 e. The van der Waals surface area contributed by atoms with Gasteiger partial charge in [0.05, 0.1) is 6.20 Å². The van der Waals surface area contributed by atoms with Gasteiger partial charge >= 0.3 is 0 Å². The van der Waals surface area contributed by atoms with E-state index in [1.165, 1.54) is 6.20 Å². The van der Waals surface area contributed by atoms with Crippen molar-refractivity contribution in [1.82, 2.24) is 15.3 Å². The maximum absolute atomic E-state index is 13.5. The Balaban J connectivity index is 2.24. The van der Waals surface area contributed by atoms with Crippen molar-refractivity contribution in [3.63, 3.8) is 0 Å². The normalized spacial score (nSPS) is 16.5. The van der Waals surface area contributed by atoms with Crippen molar-refractivity contribution in [3.8, 4) is 0 Å². The van der Waals surface area contributed by atoms with Gasteiger partial charge in [-0.3, -0.25) is 0 Å². The smallest absolute Gasteiger partial charge is 0.224 e. The van der Waals surface area contributed by atoms with Gasteiger partial charge in [0.2, 0.25) is 5.95 Å². The lowest BCUT2D eigenvalue weighted by Gasteiger charge is -2.28. The molecular formula is C9H14FN5. The van der Waals surface area contributed by atoms with Gasteiger partial charge in [-0.15, -0.1) is 0 Å². The number of nitrogens with one attached hydrogen (secondary N) is 2. The highest BCUT2D eigenvalue weighted by Gasteiger charge is 2.16. The summed E-state index contributed by atoms with van der Waals surface area (Å²) in [6, 6.07) is 0. The fourth-order valence-electron chi connectivity index (χ4n) is 1.58. The van der Waals surface area contributed by atoms with E-state index >= 15 is 0 Å². The first-order chi connectivity index (χ1) is 7.31. The van der Waals surface area contributed by atoms with Gasteiger partial charge in [0.25, 0.3) is 0 Å². The fourth-order valence-corrected chi connectivity index (χ4v) is 1.58. The van der Waals surface area contributed by atoms with Crippen molar-refractivity contribution in [1.29, 1.82) is 0 Å². The van der Waals surface area contributed by atoms with Crippen molar-refractivity contribution in [3.05, 3.63) is 12.0 Å². The molecule has 1 aliphatic rings. The molecule has 1 aliphatic heterocycles. The van der Waals surface area contributed by atoms with Crippen LogP contribution in [0.4, 0.5) is 16.2 Å². The topological polar surface area (TPSA) is 53.1 Å². The van der Waals surface area contributed by atoms with Crippen molar-refractivity contribution in [2.45, 2.75) is 0 Å². The molecule has 0 aliphatic carbocycles. The third kappa shape index (κ3) is 2.15. The number of hydrogen-bond donors (Lipinski definition) is 2.